The Kier molecular flexibility index (Phi) is 14.0. The number of halogens is 1. The van der Waals surface area contributed by atoms with E-state index in [4.69, 9.17) is 45.3 Å². The van der Waals surface area contributed by atoms with Gasteiger partial charge in [-0.1, -0.05) is 59.6 Å². The highest BCUT2D eigenvalue weighted by Crippen LogP contribution is 2.58. The van der Waals surface area contributed by atoms with Crippen LogP contribution >= 0.6 is 22.9 Å². The molecule has 4 heterocycles. The lowest BCUT2D eigenvalue weighted by molar-refractivity contribution is -0.157. The van der Waals surface area contributed by atoms with Crippen LogP contribution in [0.1, 0.15) is 97.9 Å². The Hall–Kier alpha value is -3.85. The quantitative estimate of drug-likeness (QED) is 0.113. The Balaban J connectivity index is 1.09. The minimum atomic E-state index is -0.916. The second-order valence-corrected chi connectivity index (χ2v) is 21.7. The second-order valence-electron chi connectivity index (χ2n) is 20.4. The highest BCUT2D eigenvalue weighted by molar-refractivity contribution is 7.09. The molecule has 0 spiro atoms. The first-order chi connectivity index (χ1) is 30.6. The van der Waals surface area contributed by atoms with Crippen LogP contribution in [0.5, 0.6) is 11.5 Å². The molecule has 2 aromatic heterocycles. The summed E-state index contributed by atoms with van der Waals surface area (Å²) in [7, 11) is 1.35. The van der Waals surface area contributed by atoms with Crippen LogP contribution in [0, 0.1) is 40.4 Å². The molecule has 3 saturated carbocycles. The van der Waals surface area contributed by atoms with E-state index < -0.39 is 40.8 Å². The van der Waals surface area contributed by atoms with Crippen LogP contribution in [0.4, 0.5) is 0 Å². The summed E-state index contributed by atoms with van der Waals surface area (Å²) in [5.41, 5.74) is 0.204. The number of ketones is 1. The minimum absolute atomic E-state index is 0.0200. The zero-order chi connectivity index (χ0) is 45.5. The number of amides is 1. The lowest BCUT2D eigenvalue weighted by Crippen LogP contribution is -2.48. The molecule has 8 atom stereocenters. The number of likely N-dealkylation sites (tertiary alicyclic amines) is 1. The number of thiazole rings is 1. The second kappa shape index (κ2) is 19.2. The minimum Gasteiger partial charge on any atom is -0.491 e. The average molecular weight is 922 g/mol. The Labute approximate surface area is 386 Å². The van der Waals surface area contributed by atoms with Crippen molar-refractivity contribution in [2.75, 3.05) is 53.1 Å². The van der Waals surface area contributed by atoms with Gasteiger partial charge in [0.05, 0.1) is 72.6 Å². The van der Waals surface area contributed by atoms with E-state index in [1.807, 2.05) is 51.3 Å². The molecule has 5 aliphatic rings. The van der Waals surface area contributed by atoms with Gasteiger partial charge in [0.2, 0.25) is 5.91 Å². The van der Waals surface area contributed by atoms with Crippen LogP contribution in [0.3, 0.4) is 0 Å². The van der Waals surface area contributed by atoms with Gasteiger partial charge < -0.3 is 28.6 Å². The first-order valence-electron chi connectivity index (χ1n) is 23.4. The number of ether oxygens (including phenoxy) is 5. The van der Waals surface area contributed by atoms with Crippen LogP contribution in [0.15, 0.2) is 23.6 Å². The molecule has 3 aliphatic carbocycles. The molecule has 5 fully saturated rings. The van der Waals surface area contributed by atoms with Crippen molar-refractivity contribution >= 4 is 57.5 Å². The van der Waals surface area contributed by atoms with E-state index in [0.29, 0.717) is 82.8 Å². The fraction of sp³-hybridized carbons (Fsp3) is 0.673. The molecule has 2 saturated heterocycles. The number of rotatable bonds is 18. The molecule has 15 heteroatoms. The molecular weight excluding hydrogens is 856 g/mol. The Morgan fingerprint density at radius 2 is 1.75 bits per heavy atom. The maximum Gasteiger partial charge on any atom is 0.312 e. The molecule has 1 amide bonds. The van der Waals surface area contributed by atoms with Gasteiger partial charge in [-0.3, -0.25) is 24.1 Å². The number of carbonyl (C=O) groups excluding carboxylic acids is 4. The Morgan fingerprint density at radius 3 is 2.42 bits per heavy atom. The maximum atomic E-state index is 15.0. The Bertz CT molecular complexity index is 2210. The number of pyridine rings is 1. The van der Waals surface area contributed by atoms with Gasteiger partial charge in [-0.25, -0.2) is 9.97 Å². The van der Waals surface area contributed by atoms with Crippen LogP contribution < -0.4 is 9.47 Å². The molecule has 0 radical (unpaired) electrons. The molecule has 1 aromatic carbocycles. The van der Waals surface area contributed by atoms with Gasteiger partial charge in [-0.15, -0.1) is 11.3 Å². The molecular formula is C49H65ClN4O9S. The molecule has 8 rings (SSSR count). The largest absolute Gasteiger partial charge is 0.491 e. The maximum absolute atomic E-state index is 15.0. The van der Waals surface area contributed by atoms with Gasteiger partial charge in [0.25, 0.3) is 0 Å². The monoisotopic (exact) mass is 920 g/mol. The fourth-order valence-corrected chi connectivity index (χ4v) is 11.6. The number of morpholine rings is 1. The third-order valence-corrected chi connectivity index (χ3v) is 15.5. The number of methoxy groups -OCH3 is 1. The van der Waals surface area contributed by atoms with Gasteiger partial charge in [0.15, 0.2) is 5.78 Å². The molecule has 0 N–H and O–H groups in total. The van der Waals surface area contributed by atoms with Gasteiger partial charge in [-0.2, -0.15) is 0 Å². The molecule has 348 valence electrons. The number of fused-ring (bicyclic) bond motifs is 2. The summed E-state index contributed by atoms with van der Waals surface area (Å²) >= 11 is 8.74. The lowest BCUT2D eigenvalue weighted by atomic mass is 9.77. The first kappa shape index (κ1) is 46.7. The van der Waals surface area contributed by atoms with Gasteiger partial charge >= 0.3 is 11.9 Å². The topological polar surface area (TPSA) is 147 Å². The highest BCUT2D eigenvalue weighted by Gasteiger charge is 2.62. The van der Waals surface area contributed by atoms with E-state index in [2.05, 4.69) is 18.7 Å². The molecule has 2 aliphatic heterocycles. The van der Waals surface area contributed by atoms with Crippen LogP contribution in [-0.2, 0) is 39.8 Å². The Morgan fingerprint density at radius 1 is 1.00 bits per heavy atom. The van der Waals surface area contributed by atoms with Crippen LogP contribution in [-0.4, -0.2) is 115 Å². The van der Waals surface area contributed by atoms with E-state index in [0.717, 1.165) is 50.3 Å². The zero-order valence-electron chi connectivity index (χ0n) is 38.5. The number of benzene rings is 1. The van der Waals surface area contributed by atoms with Crippen molar-refractivity contribution in [1.29, 1.82) is 0 Å². The SMILES string of the molecule is CC[C@@H]1C[C@]1(CC(=O)[C@@H]1C[C@@H](Oc2cc(-c3csc(CC(C)C)n3)nc3c(Cl)c(OCCN4CCOCC4)ccc23)CN1C(=O)C(CC(=O)OC1C[C@@H]2C[C@@H]2C1)C(C)(C)C)C(=O)OC. The third-order valence-electron chi connectivity index (χ3n) is 14.2. The van der Waals surface area contributed by atoms with Crippen molar-refractivity contribution in [3.8, 4) is 22.9 Å². The molecule has 13 nitrogen and oxygen atoms in total. The van der Waals surface area contributed by atoms with E-state index in [1.54, 1.807) is 16.2 Å². The first-order valence-corrected chi connectivity index (χ1v) is 24.6. The van der Waals surface area contributed by atoms with E-state index in [9.17, 15) is 19.2 Å². The number of hydrogen-bond donors (Lipinski definition) is 0. The number of aromatic nitrogens is 2. The van der Waals surface area contributed by atoms with Crippen molar-refractivity contribution in [2.24, 2.45) is 40.4 Å². The van der Waals surface area contributed by atoms with Crippen LogP contribution in [0.25, 0.3) is 22.3 Å². The number of nitrogens with zero attached hydrogens (tertiary/aromatic N) is 4. The summed E-state index contributed by atoms with van der Waals surface area (Å²) in [5.74, 6) is 0.648. The smallest absolute Gasteiger partial charge is 0.312 e. The number of hydrogen-bond acceptors (Lipinski definition) is 13. The van der Waals surface area contributed by atoms with Crippen molar-refractivity contribution in [3.63, 3.8) is 0 Å². The van der Waals surface area contributed by atoms with Gasteiger partial charge in [0.1, 0.15) is 35.3 Å². The summed E-state index contributed by atoms with van der Waals surface area (Å²) in [6.07, 6.45) is 4.41. The fourth-order valence-electron chi connectivity index (χ4n) is 10.3. The number of carbonyl (C=O) groups is 4. The molecule has 3 aromatic rings. The number of Topliss-reactive ketones (excluding diaryl/α,β-unsaturated/α-hetero) is 1. The standard InChI is InChI=1S/C49H65ClN4O9S/c1-8-31-24-49(31,47(58)59-7)25-39(55)38-21-33(26-54(38)46(57)35(48(4,5)6)22-43(56)63-32-19-29-18-30(29)20-32)62-41-23-36(37-27-64-42(51-37)17-28(2)3)52-45-34(41)9-10-40(44(45)50)61-16-13-53-11-14-60-15-12-53/h9-10,23,27-33,35,38H,8,11-22,24-26H2,1-7H3/t29-,30+,31-,32?,33-,35?,38+,49-/m1/s1. The summed E-state index contributed by atoms with van der Waals surface area (Å²) in [6.45, 7) is 16.5. The van der Waals surface area contributed by atoms with E-state index in [1.165, 1.54) is 13.5 Å². The zero-order valence-corrected chi connectivity index (χ0v) is 40.1. The van der Waals surface area contributed by atoms with Crippen molar-refractivity contribution in [1.82, 2.24) is 19.8 Å². The predicted molar refractivity (Wildman–Crippen MR) is 244 cm³/mol. The lowest BCUT2D eigenvalue weighted by Gasteiger charge is -2.35. The van der Waals surface area contributed by atoms with Gasteiger partial charge in [0, 0.05) is 55.7 Å². The summed E-state index contributed by atoms with van der Waals surface area (Å²) < 4.78 is 29.9. The highest BCUT2D eigenvalue weighted by atomic mass is 35.5. The number of esters is 2. The molecule has 0 bridgehead atoms. The normalized spacial score (nSPS) is 27.0. The summed E-state index contributed by atoms with van der Waals surface area (Å²) in [4.78, 5) is 70.2. The van der Waals surface area contributed by atoms with Crippen molar-refractivity contribution < 1.29 is 42.9 Å². The van der Waals surface area contributed by atoms with Gasteiger partial charge in [-0.05, 0) is 66.9 Å². The molecule has 2 unspecified atom stereocenters. The van der Waals surface area contributed by atoms with Crippen molar-refractivity contribution in [2.45, 2.75) is 118 Å². The van der Waals surface area contributed by atoms with E-state index >= 15 is 0 Å². The van der Waals surface area contributed by atoms with Crippen molar-refractivity contribution in [3.05, 3.63) is 33.6 Å². The summed E-state index contributed by atoms with van der Waals surface area (Å²) in [5, 5.41) is 3.98. The average Bonchev–Trinajstić information content (AvgIpc) is 3.92. The molecule has 64 heavy (non-hydrogen) atoms. The predicted octanol–water partition coefficient (Wildman–Crippen LogP) is 8.21. The third kappa shape index (κ3) is 10.2. The van der Waals surface area contributed by atoms with Crippen LogP contribution in [0.2, 0.25) is 5.02 Å². The summed E-state index contributed by atoms with van der Waals surface area (Å²) in [6, 6.07) is 4.68. The van der Waals surface area contributed by atoms with E-state index in [-0.39, 0.29) is 49.5 Å².